The highest BCUT2D eigenvalue weighted by Gasteiger charge is 2.42. The van der Waals surface area contributed by atoms with Crippen LogP contribution in [0.5, 0.6) is 0 Å². The highest BCUT2D eigenvalue weighted by molar-refractivity contribution is 5.69. The second-order valence-electron chi connectivity index (χ2n) is 5.48. The number of carbonyl (C=O) groups excluding carboxylic acids is 1. The lowest BCUT2D eigenvalue weighted by Gasteiger charge is -2.45. The summed E-state index contributed by atoms with van der Waals surface area (Å²) < 4.78 is 17.0. The van der Waals surface area contributed by atoms with Crippen molar-refractivity contribution in [3.63, 3.8) is 0 Å². The van der Waals surface area contributed by atoms with Gasteiger partial charge in [-0.1, -0.05) is 6.08 Å². The lowest BCUT2D eigenvalue weighted by Crippen LogP contribution is -2.48. The van der Waals surface area contributed by atoms with Gasteiger partial charge in [-0.3, -0.25) is 4.79 Å². The molecule has 2 saturated heterocycles. The van der Waals surface area contributed by atoms with E-state index < -0.39 is 5.79 Å². The Morgan fingerprint density at radius 2 is 1.95 bits per heavy atom. The summed E-state index contributed by atoms with van der Waals surface area (Å²) >= 11 is 0. The summed E-state index contributed by atoms with van der Waals surface area (Å²) in [6.45, 7) is 3.77. The minimum Gasteiger partial charge on any atom is -0.469 e. The van der Waals surface area contributed by atoms with Crippen LogP contribution in [0.3, 0.4) is 0 Å². The standard InChI is InChI=1S/C15H24O4/c1-3-6-12-7-4-9-15(18-12)10-5-8-13(19-15)11-14(16)17-2/h3,12-13H,1,4-11H2,2H3/t12-,13+,15-/m1/s1. The number of ether oxygens (including phenoxy) is 3. The number of methoxy groups -OCH3 is 1. The first-order valence-electron chi connectivity index (χ1n) is 7.21. The fourth-order valence-electron chi connectivity index (χ4n) is 3.08. The van der Waals surface area contributed by atoms with Crippen molar-refractivity contribution in [2.24, 2.45) is 0 Å². The van der Waals surface area contributed by atoms with Crippen molar-refractivity contribution < 1.29 is 19.0 Å². The molecule has 0 aromatic rings. The van der Waals surface area contributed by atoms with Crippen LogP contribution in [0.2, 0.25) is 0 Å². The molecule has 0 aromatic carbocycles. The molecule has 0 aromatic heterocycles. The van der Waals surface area contributed by atoms with Gasteiger partial charge < -0.3 is 14.2 Å². The number of esters is 1. The zero-order valence-electron chi connectivity index (χ0n) is 11.7. The predicted molar refractivity (Wildman–Crippen MR) is 71.6 cm³/mol. The lowest BCUT2D eigenvalue weighted by molar-refractivity contribution is -0.314. The smallest absolute Gasteiger partial charge is 0.308 e. The van der Waals surface area contributed by atoms with Crippen LogP contribution >= 0.6 is 0 Å². The van der Waals surface area contributed by atoms with E-state index in [-0.39, 0.29) is 18.2 Å². The largest absolute Gasteiger partial charge is 0.469 e. The molecule has 3 atom stereocenters. The van der Waals surface area contributed by atoms with Crippen LogP contribution in [0.15, 0.2) is 12.7 Å². The van der Waals surface area contributed by atoms with E-state index in [2.05, 4.69) is 6.58 Å². The Hall–Kier alpha value is -0.870. The Balaban J connectivity index is 1.94. The van der Waals surface area contributed by atoms with Gasteiger partial charge in [-0.05, 0) is 32.1 Å². The van der Waals surface area contributed by atoms with Crippen LogP contribution in [0, 0.1) is 0 Å². The molecule has 2 heterocycles. The molecule has 0 amide bonds. The van der Waals surface area contributed by atoms with E-state index in [9.17, 15) is 4.79 Å². The van der Waals surface area contributed by atoms with Gasteiger partial charge in [0.1, 0.15) is 0 Å². The van der Waals surface area contributed by atoms with E-state index in [1.54, 1.807) is 0 Å². The molecule has 0 saturated carbocycles. The molecule has 19 heavy (non-hydrogen) atoms. The van der Waals surface area contributed by atoms with Gasteiger partial charge in [-0.25, -0.2) is 0 Å². The van der Waals surface area contributed by atoms with Crippen molar-refractivity contribution in [1.82, 2.24) is 0 Å². The van der Waals surface area contributed by atoms with Crippen LogP contribution in [-0.4, -0.2) is 31.1 Å². The minimum absolute atomic E-state index is 0.0660. The Kier molecular flexibility index (Phi) is 4.99. The first kappa shape index (κ1) is 14.5. The number of hydrogen-bond acceptors (Lipinski definition) is 4. The van der Waals surface area contributed by atoms with Crippen molar-refractivity contribution in [1.29, 1.82) is 0 Å². The Morgan fingerprint density at radius 3 is 2.58 bits per heavy atom. The van der Waals surface area contributed by atoms with Gasteiger partial charge in [0.05, 0.1) is 25.7 Å². The Labute approximate surface area is 115 Å². The number of carbonyl (C=O) groups is 1. The maximum Gasteiger partial charge on any atom is 0.308 e. The van der Waals surface area contributed by atoms with E-state index in [0.717, 1.165) is 44.9 Å². The topological polar surface area (TPSA) is 44.8 Å². The van der Waals surface area contributed by atoms with Gasteiger partial charge >= 0.3 is 5.97 Å². The molecule has 108 valence electrons. The van der Waals surface area contributed by atoms with Gasteiger partial charge in [0, 0.05) is 12.8 Å². The molecule has 0 unspecified atom stereocenters. The molecule has 2 aliphatic heterocycles. The Bertz CT molecular complexity index is 324. The first-order chi connectivity index (χ1) is 9.17. The number of hydrogen-bond donors (Lipinski definition) is 0. The molecule has 2 fully saturated rings. The summed E-state index contributed by atoms with van der Waals surface area (Å²) in [7, 11) is 1.41. The van der Waals surface area contributed by atoms with Crippen LogP contribution in [0.1, 0.15) is 51.4 Å². The van der Waals surface area contributed by atoms with E-state index in [1.807, 2.05) is 6.08 Å². The average Bonchev–Trinajstić information content (AvgIpc) is 2.39. The van der Waals surface area contributed by atoms with Gasteiger partial charge in [0.25, 0.3) is 0 Å². The maximum atomic E-state index is 11.4. The van der Waals surface area contributed by atoms with Crippen molar-refractivity contribution in [3.05, 3.63) is 12.7 Å². The normalized spacial score (nSPS) is 35.0. The van der Waals surface area contributed by atoms with Crippen LogP contribution < -0.4 is 0 Å². The van der Waals surface area contributed by atoms with Crippen LogP contribution in [-0.2, 0) is 19.0 Å². The van der Waals surface area contributed by atoms with E-state index >= 15 is 0 Å². The quantitative estimate of drug-likeness (QED) is 0.581. The van der Waals surface area contributed by atoms with Crippen molar-refractivity contribution in [3.8, 4) is 0 Å². The molecule has 2 aliphatic rings. The zero-order chi connectivity index (χ0) is 13.7. The summed E-state index contributed by atoms with van der Waals surface area (Å²) in [4.78, 5) is 11.4. The SMILES string of the molecule is C=CC[C@@H]1CCC[C@@]2(CCC[C@@H](CC(=O)OC)O2)O1. The summed E-state index contributed by atoms with van der Waals surface area (Å²) in [5.74, 6) is -0.677. The van der Waals surface area contributed by atoms with Crippen molar-refractivity contribution >= 4 is 5.97 Å². The molecule has 2 rings (SSSR count). The summed E-state index contributed by atoms with van der Waals surface area (Å²) in [6.07, 6.45) is 9.24. The minimum atomic E-state index is -0.469. The first-order valence-corrected chi connectivity index (χ1v) is 7.21. The van der Waals surface area contributed by atoms with Gasteiger partial charge in [-0.2, -0.15) is 0 Å². The fraction of sp³-hybridized carbons (Fsp3) is 0.800. The van der Waals surface area contributed by atoms with Crippen LogP contribution in [0.4, 0.5) is 0 Å². The molecule has 0 radical (unpaired) electrons. The average molecular weight is 268 g/mol. The molecular formula is C15H24O4. The van der Waals surface area contributed by atoms with Gasteiger partial charge in [0.2, 0.25) is 0 Å². The lowest BCUT2D eigenvalue weighted by atomic mass is 9.91. The zero-order valence-corrected chi connectivity index (χ0v) is 11.7. The molecule has 1 spiro atoms. The molecule has 0 N–H and O–H groups in total. The Morgan fingerprint density at radius 1 is 1.32 bits per heavy atom. The van der Waals surface area contributed by atoms with Gasteiger partial charge in [-0.15, -0.1) is 6.58 Å². The number of rotatable bonds is 4. The summed E-state index contributed by atoms with van der Waals surface area (Å²) in [5.41, 5.74) is 0. The molecular weight excluding hydrogens is 244 g/mol. The predicted octanol–water partition coefficient (Wildman–Crippen LogP) is 2.96. The highest BCUT2D eigenvalue weighted by atomic mass is 16.7. The maximum absolute atomic E-state index is 11.4. The third kappa shape index (κ3) is 3.80. The molecule has 4 nitrogen and oxygen atoms in total. The van der Waals surface area contributed by atoms with Crippen LogP contribution in [0.25, 0.3) is 0 Å². The van der Waals surface area contributed by atoms with E-state index in [0.29, 0.717) is 6.42 Å². The third-order valence-electron chi connectivity index (χ3n) is 3.98. The van der Waals surface area contributed by atoms with E-state index in [1.165, 1.54) is 7.11 Å². The van der Waals surface area contributed by atoms with Gasteiger partial charge in [0.15, 0.2) is 5.79 Å². The van der Waals surface area contributed by atoms with Crippen molar-refractivity contribution in [2.75, 3.05) is 7.11 Å². The second-order valence-corrected chi connectivity index (χ2v) is 5.48. The highest BCUT2D eigenvalue weighted by Crippen LogP contribution is 2.40. The monoisotopic (exact) mass is 268 g/mol. The summed E-state index contributed by atoms with van der Waals surface area (Å²) in [6, 6.07) is 0. The molecule has 4 heteroatoms. The van der Waals surface area contributed by atoms with E-state index in [4.69, 9.17) is 14.2 Å². The fourth-order valence-corrected chi connectivity index (χ4v) is 3.08. The summed E-state index contributed by atoms with van der Waals surface area (Å²) in [5, 5.41) is 0. The molecule has 0 aliphatic carbocycles. The molecule has 0 bridgehead atoms. The van der Waals surface area contributed by atoms with Crippen molar-refractivity contribution in [2.45, 2.75) is 69.4 Å². The third-order valence-corrected chi connectivity index (χ3v) is 3.98. The second kappa shape index (κ2) is 6.53.